The van der Waals surface area contributed by atoms with Gasteiger partial charge in [-0.15, -0.1) is 0 Å². The molecule has 2 heterocycles. The first-order valence-electron chi connectivity index (χ1n) is 8.26. The second-order valence-corrected chi connectivity index (χ2v) is 6.41. The van der Waals surface area contributed by atoms with E-state index in [0.717, 1.165) is 31.8 Å². The summed E-state index contributed by atoms with van der Waals surface area (Å²) in [7, 11) is 0. The maximum atomic E-state index is 8.87. The molecule has 0 aliphatic carbocycles. The molecule has 0 unspecified atom stereocenters. The van der Waals surface area contributed by atoms with E-state index in [0.29, 0.717) is 12.3 Å². The van der Waals surface area contributed by atoms with E-state index in [9.17, 15) is 0 Å². The monoisotopic (exact) mass is 304 g/mol. The van der Waals surface area contributed by atoms with E-state index in [1.807, 2.05) is 6.07 Å². The minimum atomic E-state index is -0.256. The topological polar surface area (TPSA) is 36.3 Å². The quantitative estimate of drug-likeness (QED) is 0.868. The Morgan fingerprint density at radius 3 is 2.74 bits per heavy atom. The van der Waals surface area contributed by atoms with E-state index in [1.54, 1.807) is 0 Å². The Bertz CT molecular complexity index is 737. The van der Waals surface area contributed by atoms with Gasteiger partial charge < -0.3 is 9.64 Å². The molecule has 2 aliphatic rings. The third-order valence-corrected chi connectivity index (χ3v) is 5.19. The number of ether oxygens (including phenoxy) is 1. The highest BCUT2D eigenvalue weighted by Gasteiger charge is 2.52. The average molecular weight is 304 g/mol. The molecule has 4 rings (SSSR count). The molecule has 2 atom stereocenters. The summed E-state index contributed by atoms with van der Waals surface area (Å²) in [6, 6.07) is 21.3. The summed E-state index contributed by atoms with van der Waals surface area (Å²) in [6.07, 6.45) is 1.55. The van der Waals surface area contributed by atoms with Crippen LogP contribution in [0.3, 0.4) is 0 Å². The summed E-state index contributed by atoms with van der Waals surface area (Å²) in [5.41, 5.74) is 2.31. The summed E-state index contributed by atoms with van der Waals surface area (Å²) in [5, 5.41) is 8.87. The molecule has 2 aliphatic heterocycles. The highest BCUT2D eigenvalue weighted by atomic mass is 16.5. The van der Waals surface area contributed by atoms with E-state index in [4.69, 9.17) is 10.00 Å². The Balaban J connectivity index is 1.73. The van der Waals surface area contributed by atoms with Crippen LogP contribution in [-0.4, -0.2) is 24.5 Å². The van der Waals surface area contributed by atoms with Crippen LogP contribution in [0.1, 0.15) is 29.9 Å². The SMILES string of the molecule is N#CCCN1CC[C@@]2(c3ccccc3)Oc3ccccc3[C@H]2C1. The van der Waals surface area contributed by atoms with Crippen LogP contribution in [-0.2, 0) is 5.60 Å². The zero-order chi connectivity index (χ0) is 15.7. The van der Waals surface area contributed by atoms with Crippen molar-refractivity contribution >= 4 is 0 Å². The van der Waals surface area contributed by atoms with Crippen molar-refractivity contribution in [1.82, 2.24) is 4.90 Å². The predicted molar refractivity (Wildman–Crippen MR) is 89.2 cm³/mol. The molecule has 0 amide bonds. The number of piperidine rings is 1. The summed E-state index contributed by atoms with van der Waals surface area (Å²) >= 11 is 0. The number of benzene rings is 2. The molecular weight excluding hydrogens is 284 g/mol. The zero-order valence-corrected chi connectivity index (χ0v) is 13.1. The van der Waals surface area contributed by atoms with Gasteiger partial charge in [0.1, 0.15) is 11.4 Å². The van der Waals surface area contributed by atoms with Gasteiger partial charge in [0.05, 0.1) is 6.07 Å². The molecule has 3 heteroatoms. The Kier molecular flexibility index (Phi) is 3.55. The van der Waals surface area contributed by atoms with Gasteiger partial charge >= 0.3 is 0 Å². The Labute approximate surface area is 137 Å². The molecular formula is C20H20N2O. The molecule has 23 heavy (non-hydrogen) atoms. The van der Waals surface area contributed by atoms with Crippen molar-refractivity contribution in [3.8, 4) is 11.8 Å². The van der Waals surface area contributed by atoms with Crippen molar-refractivity contribution in [2.45, 2.75) is 24.4 Å². The Hall–Kier alpha value is -2.31. The lowest BCUT2D eigenvalue weighted by Gasteiger charge is -2.43. The van der Waals surface area contributed by atoms with Crippen molar-refractivity contribution in [2.75, 3.05) is 19.6 Å². The van der Waals surface area contributed by atoms with Gasteiger partial charge in [-0.05, 0) is 11.6 Å². The summed E-state index contributed by atoms with van der Waals surface area (Å²) in [6.45, 7) is 2.77. The number of fused-ring (bicyclic) bond motifs is 3. The maximum Gasteiger partial charge on any atom is 0.143 e. The molecule has 0 aromatic heterocycles. The minimum Gasteiger partial charge on any atom is -0.482 e. The van der Waals surface area contributed by atoms with E-state index in [-0.39, 0.29) is 5.60 Å². The van der Waals surface area contributed by atoms with E-state index < -0.39 is 0 Å². The number of hydrogen-bond donors (Lipinski definition) is 0. The first-order valence-corrected chi connectivity index (χ1v) is 8.26. The van der Waals surface area contributed by atoms with E-state index >= 15 is 0 Å². The standard InChI is InChI=1S/C20H20N2O/c21-12-6-13-22-14-11-20(16-7-2-1-3-8-16)18(15-22)17-9-4-5-10-19(17)23-20/h1-5,7-10,18H,6,11,13-15H2/t18-,20+/m1/s1. The Morgan fingerprint density at radius 1 is 1.13 bits per heavy atom. The molecule has 0 radical (unpaired) electrons. The second-order valence-electron chi connectivity index (χ2n) is 6.41. The minimum absolute atomic E-state index is 0.256. The number of rotatable bonds is 3. The van der Waals surface area contributed by atoms with Crippen LogP contribution < -0.4 is 4.74 Å². The van der Waals surface area contributed by atoms with E-state index in [2.05, 4.69) is 59.5 Å². The molecule has 0 N–H and O–H groups in total. The number of nitrogens with zero attached hydrogens (tertiary/aromatic N) is 2. The number of hydrogen-bond acceptors (Lipinski definition) is 3. The number of para-hydroxylation sites is 1. The van der Waals surface area contributed by atoms with Gasteiger partial charge in [-0.2, -0.15) is 5.26 Å². The van der Waals surface area contributed by atoms with Crippen LogP contribution in [0.15, 0.2) is 54.6 Å². The van der Waals surface area contributed by atoms with Gasteiger partial charge in [0, 0.05) is 44.0 Å². The summed E-state index contributed by atoms with van der Waals surface area (Å²) in [5.74, 6) is 1.34. The molecule has 2 aromatic rings. The van der Waals surface area contributed by atoms with Crippen molar-refractivity contribution in [3.05, 3.63) is 65.7 Å². The third-order valence-electron chi connectivity index (χ3n) is 5.19. The lowest BCUT2D eigenvalue weighted by atomic mass is 9.74. The molecule has 3 nitrogen and oxygen atoms in total. The van der Waals surface area contributed by atoms with Gasteiger partial charge in [-0.1, -0.05) is 48.5 Å². The fraction of sp³-hybridized carbons (Fsp3) is 0.350. The first-order chi connectivity index (χ1) is 11.3. The molecule has 2 aromatic carbocycles. The lowest BCUT2D eigenvalue weighted by molar-refractivity contribution is 0.000445. The first kappa shape index (κ1) is 14.3. The van der Waals surface area contributed by atoms with Crippen molar-refractivity contribution in [1.29, 1.82) is 5.26 Å². The van der Waals surface area contributed by atoms with Crippen molar-refractivity contribution in [2.24, 2.45) is 0 Å². The molecule has 116 valence electrons. The summed E-state index contributed by atoms with van der Waals surface area (Å²) < 4.78 is 6.55. The molecule has 1 saturated heterocycles. The van der Waals surface area contributed by atoms with Crippen LogP contribution in [0.4, 0.5) is 0 Å². The summed E-state index contributed by atoms with van der Waals surface area (Å²) in [4.78, 5) is 2.40. The Morgan fingerprint density at radius 2 is 1.91 bits per heavy atom. The molecule has 0 spiro atoms. The van der Waals surface area contributed by atoms with Crippen LogP contribution in [0.2, 0.25) is 0 Å². The fourth-order valence-corrected chi connectivity index (χ4v) is 4.06. The highest BCUT2D eigenvalue weighted by molar-refractivity contribution is 5.47. The van der Waals surface area contributed by atoms with Crippen molar-refractivity contribution in [3.63, 3.8) is 0 Å². The number of nitriles is 1. The van der Waals surface area contributed by atoms with Crippen LogP contribution >= 0.6 is 0 Å². The third kappa shape index (κ3) is 2.31. The number of likely N-dealkylation sites (tertiary alicyclic amines) is 1. The van der Waals surface area contributed by atoms with Gasteiger partial charge in [0.2, 0.25) is 0 Å². The van der Waals surface area contributed by atoms with Crippen molar-refractivity contribution < 1.29 is 4.74 Å². The fourth-order valence-electron chi connectivity index (χ4n) is 4.06. The molecule has 0 bridgehead atoms. The second kappa shape index (κ2) is 5.72. The van der Waals surface area contributed by atoms with Crippen LogP contribution in [0.5, 0.6) is 5.75 Å². The zero-order valence-electron chi connectivity index (χ0n) is 13.1. The van der Waals surface area contributed by atoms with E-state index in [1.165, 1.54) is 11.1 Å². The average Bonchev–Trinajstić information content (AvgIpc) is 2.96. The molecule has 1 fully saturated rings. The van der Waals surface area contributed by atoms with Gasteiger partial charge in [0.25, 0.3) is 0 Å². The van der Waals surface area contributed by atoms with Gasteiger partial charge in [0.15, 0.2) is 0 Å². The lowest BCUT2D eigenvalue weighted by Crippen LogP contribution is -2.49. The molecule has 0 saturated carbocycles. The smallest absolute Gasteiger partial charge is 0.143 e. The normalized spacial score (nSPS) is 26.0. The largest absolute Gasteiger partial charge is 0.482 e. The van der Waals surface area contributed by atoms with Gasteiger partial charge in [-0.25, -0.2) is 0 Å². The highest BCUT2D eigenvalue weighted by Crippen LogP contribution is 2.54. The predicted octanol–water partition coefficient (Wildman–Crippen LogP) is 3.68. The van der Waals surface area contributed by atoms with Gasteiger partial charge in [-0.3, -0.25) is 0 Å². The maximum absolute atomic E-state index is 8.87. The van der Waals surface area contributed by atoms with Crippen LogP contribution in [0, 0.1) is 11.3 Å². The van der Waals surface area contributed by atoms with Crippen LogP contribution in [0.25, 0.3) is 0 Å².